The molecule has 1 saturated heterocycles. The fraction of sp³-hybridized carbons (Fsp3) is 0.429. The molecular weight excluding hydrogens is 370 g/mol. The van der Waals surface area contributed by atoms with Gasteiger partial charge in [-0.1, -0.05) is 23.2 Å². The summed E-state index contributed by atoms with van der Waals surface area (Å²) >= 11 is 0. The summed E-state index contributed by atoms with van der Waals surface area (Å²) in [7, 11) is 3.31. The molecule has 0 aliphatic carbocycles. The van der Waals surface area contributed by atoms with E-state index in [-0.39, 0.29) is 18.5 Å². The van der Waals surface area contributed by atoms with Crippen LogP contribution in [0.1, 0.15) is 18.9 Å². The van der Waals surface area contributed by atoms with Crippen LogP contribution in [0.3, 0.4) is 0 Å². The van der Waals surface area contributed by atoms with Crippen molar-refractivity contribution in [3.05, 3.63) is 35.9 Å². The lowest BCUT2D eigenvalue weighted by Crippen LogP contribution is -2.63. The van der Waals surface area contributed by atoms with Crippen LogP contribution in [0.15, 0.2) is 35.3 Å². The molecule has 8 heteroatoms. The van der Waals surface area contributed by atoms with Gasteiger partial charge < -0.3 is 4.74 Å². The van der Waals surface area contributed by atoms with Gasteiger partial charge >= 0.3 is 12.0 Å². The first-order valence-corrected chi connectivity index (χ1v) is 9.71. The molecule has 1 unspecified atom stereocenters. The number of anilines is 1. The van der Waals surface area contributed by atoms with E-state index < -0.39 is 6.04 Å². The zero-order chi connectivity index (χ0) is 20.9. The number of imide groups is 1. The maximum atomic E-state index is 13.2. The Morgan fingerprint density at radius 2 is 2.14 bits per heavy atom. The average Bonchev–Trinajstić information content (AvgIpc) is 3.09. The molecule has 8 nitrogen and oxygen atoms in total. The first-order chi connectivity index (χ1) is 13.8. The smallest absolute Gasteiger partial charge is 0.397 e. The second kappa shape index (κ2) is 7.02. The van der Waals surface area contributed by atoms with Gasteiger partial charge in [-0.05, 0) is 31.5 Å². The normalized spacial score (nSPS) is 21.3. The molecule has 0 spiro atoms. The topological polar surface area (TPSA) is 68.5 Å². The first kappa shape index (κ1) is 19.2. The molecule has 1 atom stereocenters. The van der Waals surface area contributed by atoms with Gasteiger partial charge in [0.15, 0.2) is 5.75 Å². The van der Waals surface area contributed by atoms with E-state index in [1.165, 1.54) is 9.80 Å². The van der Waals surface area contributed by atoms with Crippen molar-refractivity contribution in [2.75, 3.05) is 38.7 Å². The molecule has 0 bridgehead atoms. The van der Waals surface area contributed by atoms with E-state index in [1.807, 2.05) is 30.6 Å². The molecular formula is C21H26N5O3+. The van der Waals surface area contributed by atoms with Crippen LogP contribution in [0.25, 0.3) is 0 Å². The van der Waals surface area contributed by atoms with Gasteiger partial charge in [-0.15, -0.1) is 0 Å². The second-order valence-electron chi connectivity index (χ2n) is 7.77. The summed E-state index contributed by atoms with van der Waals surface area (Å²) in [6, 6.07) is 5.04. The number of amides is 3. The molecule has 0 saturated carbocycles. The number of likely N-dealkylation sites (N-methyl/N-ethyl adjacent to an activating group) is 1. The number of benzene rings is 1. The van der Waals surface area contributed by atoms with Gasteiger partial charge in [0.2, 0.25) is 11.9 Å². The third kappa shape index (κ3) is 2.99. The highest BCUT2D eigenvalue weighted by molar-refractivity contribution is 6.24. The molecule has 0 radical (unpaired) electrons. The highest BCUT2D eigenvalue weighted by Crippen LogP contribution is 2.33. The van der Waals surface area contributed by atoms with E-state index >= 15 is 0 Å². The Labute approximate surface area is 170 Å². The summed E-state index contributed by atoms with van der Waals surface area (Å²) in [5.74, 6) is 1.67. The maximum absolute atomic E-state index is 13.2. The lowest BCUT2D eigenvalue weighted by Gasteiger charge is -2.34. The van der Waals surface area contributed by atoms with Crippen LogP contribution in [0, 0.1) is 6.92 Å². The maximum Gasteiger partial charge on any atom is 0.397 e. The second-order valence-corrected chi connectivity index (χ2v) is 7.77. The van der Waals surface area contributed by atoms with E-state index in [1.54, 1.807) is 14.2 Å². The fourth-order valence-corrected chi connectivity index (χ4v) is 4.10. The predicted molar refractivity (Wildman–Crippen MR) is 111 cm³/mol. The number of amidine groups is 1. The molecule has 3 heterocycles. The van der Waals surface area contributed by atoms with Gasteiger partial charge in [0.05, 0.1) is 26.7 Å². The van der Waals surface area contributed by atoms with Gasteiger partial charge in [-0.2, -0.15) is 0 Å². The quantitative estimate of drug-likeness (QED) is 0.575. The van der Waals surface area contributed by atoms with E-state index in [2.05, 4.69) is 17.5 Å². The molecule has 3 aliphatic rings. The Kier molecular flexibility index (Phi) is 4.64. The van der Waals surface area contributed by atoms with Crippen molar-refractivity contribution >= 4 is 29.4 Å². The molecule has 0 N–H and O–H groups in total. The molecule has 3 amide bonds. The summed E-state index contributed by atoms with van der Waals surface area (Å²) in [6.07, 6.45) is 0.866. The number of hydrogen-bond donors (Lipinski definition) is 0. The van der Waals surface area contributed by atoms with Crippen LogP contribution in [-0.4, -0.2) is 77.9 Å². The number of fused-ring (bicyclic) bond motifs is 2. The largest absolute Gasteiger partial charge is 0.493 e. The summed E-state index contributed by atoms with van der Waals surface area (Å²) in [5.41, 5.74) is 2.78. The number of methoxy groups -OCH3 is 1. The number of nitrogens with zero attached hydrogens (tertiary/aromatic N) is 5. The number of aryl methyl sites for hydroxylation is 1. The number of aliphatic imine (C=N–C) groups is 1. The van der Waals surface area contributed by atoms with E-state index in [4.69, 9.17) is 9.73 Å². The lowest BCUT2D eigenvalue weighted by atomic mass is 10.1. The highest BCUT2D eigenvalue weighted by atomic mass is 16.5. The molecule has 1 fully saturated rings. The minimum absolute atomic E-state index is 0.213. The third-order valence-electron chi connectivity index (χ3n) is 5.46. The summed E-state index contributed by atoms with van der Waals surface area (Å²) in [5, 5.41) is 0. The molecule has 1 aromatic carbocycles. The van der Waals surface area contributed by atoms with Crippen LogP contribution in [-0.2, 0) is 4.79 Å². The van der Waals surface area contributed by atoms with Crippen LogP contribution in [0.5, 0.6) is 5.75 Å². The van der Waals surface area contributed by atoms with Crippen LogP contribution in [0.4, 0.5) is 10.5 Å². The minimum Gasteiger partial charge on any atom is -0.493 e. The molecule has 1 aromatic rings. The van der Waals surface area contributed by atoms with Crippen molar-refractivity contribution in [3.8, 4) is 5.75 Å². The molecule has 29 heavy (non-hydrogen) atoms. The van der Waals surface area contributed by atoms with Gasteiger partial charge in [0.25, 0.3) is 5.91 Å². The standard InChI is InChI=1S/C21H26N5O3/c1-13(2)12-26-19(27)17-18(23(4)21(26)28)22-20-24(9-6-10-25(17)20)15-11-14(3)7-8-16(15)29-5/h7-8,11,17H,1,6,9-10,12H2,2-5H3/q+1. The number of urea groups is 1. The van der Waals surface area contributed by atoms with Crippen molar-refractivity contribution in [2.24, 2.45) is 4.99 Å². The van der Waals surface area contributed by atoms with Crippen molar-refractivity contribution in [1.82, 2.24) is 9.80 Å². The number of guanidine groups is 1. The molecule has 0 aromatic heterocycles. The summed E-state index contributed by atoms with van der Waals surface area (Å²) in [6.45, 7) is 9.36. The van der Waals surface area contributed by atoms with Gasteiger partial charge in [0, 0.05) is 13.5 Å². The Morgan fingerprint density at radius 3 is 2.83 bits per heavy atom. The van der Waals surface area contributed by atoms with E-state index in [0.29, 0.717) is 18.3 Å². The Morgan fingerprint density at radius 1 is 1.38 bits per heavy atom. The number of hydrogen-bond acceptors (Lipinski definition) is 5. The molecule has 3 aliphatic heterocycles. The first-order valence-electron chi connectivity index (χ1n) is 9.71. The van der Waals surface area contributed by atoms with E-state index in [0.717, 1.165) is 35.5 Å². The predicted octanol–water partition coefficient (Wildman–Crippen LogP) is 1.83. The number of carbonyl (C=O) groups is 2. The fourth-order valence-electron chi connectivity index (χ4n) is 4.10. The van der Waals surface area contributed by atoms with E-state index in [9.17, 15) is 9.59 Å². The Balaban J connectivity index is 1.79. The van der Waals surface area contributed by atoms with Crippen LogP contribution in [0.2, 0.25) is 0 Å². The van der Waals surface area contributed by atoms with Crippen molar-refractivity contribution in [3.63, 3.8) is 0 Å². The third-order valence-corrected chi connectivity index (χ3v) is 5.46. The van der Waals surface area contributed by atoms with Crippen LogP contribution < -0.4 is 9.64 Å². The summed E-state index contributed by atoms with van der Waals surface area (Å²) in [4.78, 5) is 35.6. The van der Waals surface area contributed by atoms with Crippen molar-refractivity contribution in [2.45, 2.75) is 26.3 Å². The molecule has 4 rings (SSSR count). The van der Waals surface area contributed by atoms with Crippen molar-refractivity contribution < 1.29 is 18.9 Å². The Bertz CT molecular complexity index is 981. The minimum atomic E-state index is -0.592. The zero-order valence-electron chi connectivity index (χ0n) is 17.3. The van der Waals surface area contributed by atoms with Gasteiger partial charge in [-0.3, -0.25) is 14.6 Å². The molecule has 152 valence electrons. The SMILES string of the molecule is C=C(C)CN1C(=O)C2C(=NC3=[N+]2CCCN3c2cc(C)ccc2OC)N(C)C1=O. The number of carbonyl (C=O) groups excluding carboxylic acids is 2. The lowest BCUT2D eigenvalue weighted by molar-refractivity contribution is -0.539. The Hall–Kier alpha value is -3.16. The van der Waals surface area contributed by atoms with Gasteiger partial charge in [-0.25, -0.2) is 14.3 Å². The van der Waals surface area contributed by atoms with Crippen LogP contribution >= 0.6 is 0 Å². The summed E-state index contributed by atoms with van der Waals surface area (Å²) < 4.78 is 7.57. The number of rotatable bonds is 4. The van der Waals surface area contributed by atoms with Gasteiger partial charge in [0.1, 0.15) is 5.69 Å². The highest BCUT2D eigenvalue weighted by Gasteiger charge is 2.54. The van der Waals surface area contributed by atoms with Crippen molar-refractivity contribution in [1.29, 1.82) is 0 Å². The average molecular weight is 396 g/mol. The zero-order valence-corrected chi connectivity index (χ0v) is 17.3. The number of ether oxygens (including phenoxy) is 1. The monoisotopic (exact) mass is 396 g/mol.